The molecule has 0 bridgehead atoms. The molecule has 0 amide bonds. The van der Waals surface area contributed by atoms with Crippen LogP contribution in [-0.2, 0) is 0 Å². The van der Waals surface area contributed by atoms with Gasteiger partial charge in [-0.1, -0.05) is 31.5 Å². The quantitative estimate of drug-likeness (QED) is 0.723. The summed E-state index contributed by atoms with van der Waals surface area (Å²) in [7, 11) is 0. The zero-order chi connectivity index (χ0) is 14.3. The fourth-order valence-electron chi connectivity index (χ4n) is 2.19. The average Bonchev–Trinajstić information content (AvgIpc) is 2.81. The normalized spacial score (nSPS) is 11.4. The molecule has 0 spiro atoms. The van der Waals surface area contributed by atoms with Crippen molar-refractivity contribution >= 4 is 22.7 Å². The number of benzene rings is 2. The maximum Gasteiger partial charge on any atom is 0.227 e. The van der Waals surface area contributed by atoms with E-state index >= 15 is 0 Å². The number of oxazole rings is 1. The van der Waals surface area contributed by atoms with Crippen LogP contribution in [0.3, 0.4) is 0 Å². The summed E-state index contributed by atoms with van der Waals surface area (Å²) < 4.78 is 5.68. The summed E-state index contributed by atoms with van der Waals surface area (Å²) in [4.78, 5) is 4.40. The lowest BCUT2D eigenvalue weighted by Crippen LogP contribution is -1.88. The molecule has 3 rings (SSSR count). The predicted molar refractivity (Wildman–Crippen MR) is 80.2 cm³/mol. The number of aromatic nitrogens is 1. The molecule has 20 heavy (non-hydrogen) atoms. The van der Waals surface area contributed by atoms with Gasteiger partial charge in [0.1, 0.15) is 11.3 Å². The van der Waals surface area contributed by atoms with Crippen molar-refractivity contribution < 1.29 is 9.52 Å². The molecule has 0 fully saturated rings. The van der Waals surface area contributed by atoms with Crippen molar-refractivity contribution in [3.8, 4) is 17.2 Å². The van der Waals surface area contributed by atoms with Crippen LogP contribution < -0.4 is 0 Å². The van der Waals surface area contributed by atoms with Gasteiger partial charge in [-0.25, -0.2) is 4.98 Å². The second-order valence-electron chi connectivity index (χ2n) is 5.06. The van der Waals surface area contributed by atoms with Gasteiger partial charge < -0.3 is 9.52 Å². The number of rotatable bonds is 2. The van der Waals surface area contributed by atoms with E-state index in [4.69, 9.17) is 16.0 Å². The molecule has 2 aromatic carbocycles. The first-order valence-electron chi connectivity index (χ1n) is 6.44. The van der Waals surface area contributed by atoms with E-state index in [9.17, 15) is 5.11 Å². The lowest BCUT2D eigenvalue weighted by Gasteiger charge is -2.08. The molecular weight excluding hydrogens is 274 g/mol. The number of halogens is 1. The smallest absolute Gasteiger partial charge is 0.227 e. The van der Waals surface area contributed by atoms with Crippen LogP contribution in [-0.4, -0.2) is 10.1 Å². The van der Waals surface area contributed by atoms with Gasteiger partial charge in [0.05, 0.1) is 0 Å². The third kappa shape index (κ3) is 2.25. The molecule has 0 unspecified atom stereocenters. The monoisotopic (exact) mass is 287 g/mol. The van der Waals surface area contributed by atoms with E-state index in [0.717, 1.165) is 11.1 Å². The topological polar surface area (TPSA) is 46.3 Å². The second kappa shape index (κ2) is 4.84. The van der Waals surface area contributed by atoms with Crippen LogP contribution in [0.25, 0.3) is 22.6 Å². The Morgan fingerprint density at radius 1 is 1.15 bits per heavy atom. The first-order chi connectivity index (χ1) is 9.54. The van der Waals surface area contributed by atoms with E-state index in [1.165, 1.54) is 0 Å². The van der Waals surface area contributed by atoms with Crippen LogP contribution in [0.5, 0.6) is 5.75 Å². The highest BCUT2D eigenvalue weighted by atomic mass is 35.5. The first-order valence-corrected chi connectivity index (χ1v) is 6.82. The van der Waals surface area contributed by atoms with E-state index < -0.39 is 0 Å². The molecular formula is C16H14ClNO2. The highest BCUT2D eigenvalue weighted by Crippen LogP contribution is 2.32. The number of hydrogen-bond acceptors (Lipinski definition) is 3. The maximum atomic E-state index is 10.1. The molecule has 4 heteroatoms. The highest BCUT2D eigenvalue weighted by molar-refractivity contribution is 6.31. The van der Waals surface area contributed by atoms with E-state index in [2.05, 4.69) is 4.98 Å². The number of aromatic hydroxyl groups is 1. The molecule has 3 nitrogen and oxygen atoms in total. The minimum Gasteiger partial charge on any atom is -0.508 e. The molecule has 1 N–H and O–H groups in total. The molecule has 0 radical (unpaired) electrons. The number of hydrogen-bond donors (Lipinski definition) is 1. The molecule has 0 saturated heterocycles. The second-order valence-corrected chi connectivity index (χ2v) is 5.50. The molecule has 0 aliphatic carbocycles. The summed E-state index contributed by atoms with van der Waals surface area (Å²) in [5.74, 6) is 1.01. The fraction of sp³-hybridized carbons (Fsp3) is 0.188. The summed E-state index contributed by atoms with van der Waals surface area (Å²) in [5.41, 5.74) is 3.05. The number of nitrogens with zero attached hydrogens (tertiary/aromatic N) is 1. The average molecular weight is 288 g/mol. The Kier molecular flexibility index (Phi) is 3.14. The van der Waals surface area contributed by atoms with Crippen molar-refractivity contribution in [3.05, 3.63) is 47.0 Å². The Bertz CT molecular complexity index is 777. The Labute approximate surface area is 121 Å². The van der Waals surface area contributed by atoms with Gasteiger partial charge in [-0.15, -0.1) is 0 Å². The molecule has 0 aliphatic heterocycles. The summed E-state index contributed by atoms with van der Waals surface area (Å²) in [6, 6.07) is 10.8. The van der Waals surface area contributed by atoms with Gasteiger partial charge in [-0.2, -0.15) is 0 Å². The van der Waals surface area contributed by atoms with E-state index in [0.29, 0.717) is 22.0 Å². The lowest BCUT2D eigenvalue weighted by atomic mass is 10.0. The van der Waals surface area contributed by atoms with Gasteiger partial charge in [0.2, 0.25) is 5.89 Å². The van der Waals surface area contributed by atoms with E-state index in [1.807, 2.05) is 26.0 Å². The Morgan fingerprint density at radius 3 is 2.65 bits per heavy atom. The van der Waals surface area contributed by atoms with Crippen LogP contribution in [0.4, 0.5) is 0 Å². The highest BCUT2D eigenvalue weighted by Gasteiger charge is 2.12. The first kappa shape index (κ1) is 13.0. The van der Waals surface area contributed by atoms with E-state index in [1.54, 1.807) is 24.3 Å². The SMILES string of the molecule is CC(C)c1ccc(-c2nc3cc(Cl)ccc3o2)cc1O. The van der Waals surface area contributed by atoms with Crippen LogP contribution in [0.2, 0.25) is 5.02 Å². The number of fused-ring (bicyclic) bond motifs is 1. The van der Waals surface area contributed by atoms with Crippen LogP contribution in [0.15, 0.2) is 40.8 Å². The lowest BCUT2D eigenvalue weighted by molar-refractivity contribution is 0.464. The van der Waals surface area contributed by atoms with Gasteiger partial charge in [-0.3, -0.25) is 0 Å². The molecule has 102 valence electrons. The van der Waals surface area contributed by atoms with Crippen LogP contribution >= 0.6 is 11.6 Å². The molecule has 3 aromatic rings. The van der Waals surface area contributed by atoms with Gasteiger partial charge in [0, 0.05) is 10.6 Å². The standard InChI is InChI=1S/C16H14ClNO2/c1-9(2)12-5-3-10(7-14(12)19)16-18-13-8-11(17)4-6-15(13)20-16/h3-9,19H,1-2H3. The summed E-state index contributed by atoms with van der Waals surface area (Å²) in [5, 5.41) is 10.7. The van der Waals surface area contributed by atoms with Crippen molar-refractivity contribution in [1.82, 2.24) is 4.98 Å². The van der Waals surface area contributed by atoms with Crippen molar-refractivity contribution in [3.63, 3.8) is 0 Å². The van der Waals surface area contributed by atoms with Crippen molar-refractivity contribution in [1.29, 1.82) is 0 Å². The molecule has 0 saturated carbocycles. The minimum absolute atomic E-state index is 0.262. The van der Waals surface area contributed by atoms with Gasteiger partial charge in [0.15, 0.2) is 5.58 Å². The fourth-order valence-corrected chi connectivity index (χ4v) is 2.36. The summed E-state index contributed by atoms with van der Waals surface area (Å²) in [6.45, 7) is 4.08. The van der Waals surface area contributed by atoms with Crippen LogP contribution in [0, 0.1) is 0 Å². The molecule has 1 heterocycles. The van der Waals surface area contributed by atoms with E-state index in [-0.39, 0.29) is 11.7 Å². The van der Waals surface area contributed by atoms with Gasteiger partial charge in [-0.05, 0) is 41.8 Å². The molecule has 1 aromatic heterocycles. The molecule has 0 aliphatic rings. The maximum absolute atomic E-state index is 10.1. The summed E-state index contributed by atoms with van der Waals surface area (Å²) >= 11 is 5.93. The largest absolute Gasteiger partial charge is 0.508 e. The van der Waals surface area contributed by atoms with Crippen molar-refractivity contribution in [2.24, 2.45) is 0 Å². The Balaban J connectivity index is 2.08. The van der Waals surface area contributed by atoms with Crippen molar-refractivity contribution in [2.75, 3.05) is 0 Å². The Morgan fingerprint density at radius 2 is 1.95 bits per heavy atom. The third-order valence-corrected chi connectivity index (χ3v) is 3.48. The summed E-state index contributed by atoms with van der Waals surface area (Å²) in [6.07, 6.45) is 0. The minimum atomic E-state index is 0.262. The number of phenolic OH excluding ortho intramolecular Hbond substituents is 1. The van der Waals surface area contributed by atoms with Crippen LogP contribution in [0.1, 0.15) is 25.3 Å². The zero-order valence-electron chi connectivity index (χ0n) is 11.2. The van der Waals surface area contributed by atoms with Gasteiger partial charge in [0.25, 0.3) is 0 Å². The Hall–Kier alpha value is -2.00. The zero-order valence-corrected chi connectivity index (χ0v) is 12.0. The molecule has 0 atom stereocenters. The predicted octanol–water partition coefficient (Wildman–Crippen LogP) is 4.98. The number of phenols is 1. The van der Waals surface area contributed by atoms with Gasteiger partial charge >= 0.3 is 0 Å². The van der Waals surface area contributed by atoms with Crippen molar-refractivity contribution in [2.45, 2.75) is 19.8 Å². The third-order valence-electron chi connectivity index (χ3n) is 3.25.